The summed E-state index contributed by atoms with van der Waals surface area (Å²) in [5, 5.41) is 11.0. The maximum Gasteiger partial charge on any atom is 0.233 e. The monoisotopic (exact) mass is 398 g/mol. The molecule has 0 unspecified atom stereocenters. The highest BCUT2D eigenvalue weighted by Crippen LogP contribution is 2.23. The van der Waals surface area contributed by atoms with Crippen LogP contribution in [0.3, 0.4) is 0 Å². The van der Waals surface area contributed by atoms with E-state index in [-0.39, 0.29) is 5.91 Å². The fourth-order valence-electron chi connectivity index (χ4n) is 2.75. The van der Waals surface area contributed by atoms with E-state index in [1.165, 1.54) is 17.3 Å². The van der Waals surface area contributed by atoms with Crippen LogP contribution < -0.4 is 0 Å². The normalized spacial score (nSPS) is 10.7. The third kappa shape index (κ3) is 4.87. The Labute approximate surface area is 167 Å². The molecule has 1 amide bonds. The maximum absolute atomic E-state index is 12.7. The number of para-hydroxylation sites is 1. The van der Waals surface area contributed by atoms with Crippen molar-refractivity contribution in [2.45, 2.75) is 25.0 Å². The Morgan fingerprint density at radius 2 is 2.19 bits per heavy atom. The van der Waals surface area contributed by atoms with Crippen LogP contribution in [0.1, 0.15) is 17.4 Å². The second-order valence-corrected chi connectivity index (χ2v) is 7.87. The fourth-order valence-corrected chi connectivity index (χ4v) is 4.30. The topological polar surface area (TPSA) is 51.0 Å². The van der Waals surface area contributed by atoms with Crippen molar-refractivity contribution < 1.29 is 4.79 Å². The number of hydrogen-bond acceptors (Lipinski definition) is 5. The molecule has 0 atom stereocenters. The molecule has 0 saturated carbocycles. The molecule has 0 aliphatic heterocycles. The van der Waals surface area contributed by atoms with Gasteiger partial charge in [0.1, 0.15) is 6.33 Å². The highest BCUT2D eigenvalue weighted by molar-refractivity contribution is 7.99. The SMILES string of the molecule is C=CCN(Cc1cccs1)C(=O)CSc1nncn1-c1ccccc1CC. The Balaban J connectivity index is 1.70. The zero-order valence-corrected chi connectivity index (χ0v) is 16.9. The molecule has 3 aromatic rings. The predicted molar refractivity (Wildman–Crippen MR) is 111 cm³/mol. The lowest BCUT2D eigenvalue weighted by atomic mass is 10.1. The molecular weight excluding hydrogens is 376 g/mol. The quantitative estimate of drug-likeness (QED) is 0.400. The van der Waals surface area contributed by atoms with Crippen LogP contribution in [0, 0.1) is 0 Å². The minimum absolute atomic E-state index is 0.0617. The highest BCUT2D eigenvalue weighted by Gasteiger charge is 2.16. The first-order valence-corrected chi connectivity index (χ1v) is 10.6. The molecule has 27 heavy (non-hydrogen) atoms. The Kier molecular flexibility index (Phi) is 6.84. The number of thiophene rings is 1. The van der Waals surface area contributed by atoms with Crippen LogP contribution in [0.2, 0.25) is 0 Å². The lowest BCUT2D eigenvalue weighted by Gasteiger charge is -2.20. The zero-order chi connectivity index (χ0) is 19.1. The standard InChI is InChI=1S/C20H22N4OS2/c1-3-11-23(13-17-9-7-12-26-17)19(25)14-27-20-22-21-15-24(20)18-10-6-5-8-16(18)4-2/h3,5-10,12,15H,1,4,11,13-14H2,2H3. The molecule has 0 saturated heterocycles. The van der Waals surface area contributed by atoms with Gasteiger partial charge in [-0.3, -0.25) is 9.36 Å². The van der Waals surface area contributed by atoms with Crippen molar-refractivity contribution in [1.29, 1.82) is 0 Å². The van der Waals surface area contributed by atoms with E-state index in [0.29, 0.717) is 18.8 Å². The fraction of sp³-hybridized carbons (Fsp3) is 0.250. The van der Waals surface area contributed by atoms with Crippen LogP contribution in [0.15, 0.2) is 65.9 Å². The number of aryl methyl sites for hydroxylation is 1. The Hall–Kier alpha value is -2.38. The number of amides is 1. The largest absolute Gasteiger partial charge is 0.333 e. The molecule has 0 spiro atoms. The summed E-state index contributed by atoms with van der Waals surface area (Å²) in [6.07, 6.45) is 4.38. The van der Waals surface area contributed by atoms with Gasteiger partial charge in [0.15, 0.2) is 5.16 Å². The lowest BCUT2D eigenvalue weighted by Crippen LogP contribution is -2.31. The summed E-state index contributed by atoms with van der Waals surface area (Å²) in [4.78, 5) is 15.7. The van der Waals surface area contributed by atoms with Crippen molar-refractivity contribution in [2.24, 2.45) is 0 Å². The molecule has 2 heterocycles. The molecule has 2 aromatic heterocycles. The van der Waals surface area contributed by atoms with E-state index in [9.17, 15) is 4.79 Å². The maximum atomic E-state index is 12.7. The molecule has 7 heteroatoms. The van der Waals surface area contributed by atoms with Gasteiger partial charge in [-0.2, -0.15) is 0 Å². The Morgan fingerprint density at radius 3 is 2.93 bits per heavy atom. The lowest BCUT2D eigenvalue weighted by molar-refractivity contribution is -0.128. The summed E-state index contributed by atoms with van der Waals surface area (Å²) >= 11 is 3.06. The third-order valence-electron chi connectivity index (χ3n) is 4.10. The van der Waals surface area contributed by atoms with Crippen LogP contribution in [0.5, 0.6) is 0 Å². The number of thioether (sulfide) groups is 1. The number of hydrogen-bond donors (Lipinski definition) is 0. The van der Waals surface area contributed by atoms with Gasteiger partial charge < -0.3 is 4.90 Å². The van der Waals surface area contributed by atoms with Crippen LogP contribution in [-0.4, -0.2) is 37.9 Å². The molecule has 0 aliphatic rings. The number of rotatable bonds is 9. The molecule has 0 N–H and O–H groups in total. The summed E-state index contributed by atoms with van der Waals surface area (Å²) in [7, 11) is 0. The van der Waals surface area contributed by atoms with E-state index in [0.717, 1.165) is 22.1 Å². The minimum atomic E-state index is 0.0617. The van der Waals surface area contributed by atoms with Gasteiger partial charge in [-0.05, 0) is 29.5 Å². The van der Waals surface area contributed by atoms with E-state index in [2.05, 4.69) is 35.8 Å². The highest BCUT2D eigenvalue weighted by atomic mass is 32.2. The van der Waals surface area contributed by atoms with Crippen LogP contribution in [0.4, 0.5) is 0 Å². The second-order valence-electron chi connectivity index (χ2n) is 5.90. The average molecular weight is 399 g/mol. The molecule has 0 aliphatic carbocycles. The van der Waals surface area contributed by atoms with Gasteiger partial charge in [-0.15, -0.1) is 28.1 Å². The van der Waals surface area contributed by atoms with E-state index in [4.69, 9.17) is 0 Å². The predicted octanol–water partition coefficient (Wildman–Crippen LogP) is 4.20. The summed E-state index contributed by atoms with van der Waals surface area (Å²) in [6.45, 7) is 7.03. The molecule has 0 radical (unpaired) electrons. The number of nitrogens with zero attached hydrogens (tertiary/aromatic N) is 4. The van der Waals surface area contributed by atoms with Gasteiger partial charge in [0.2, 0.25) is 5.91 Å². The summed E-state index contributed by atoms with van der Waals surface area (Å²) < 4.78 is 1.95. The smallest absolute Gasteiger partial charge is 0.233 e. The Morgan fingerprint density at radius 1 is 1.33 bits per heavy atom. The molecule has 3 rings (SSSR count). The van der Waals surface area contributed by atoms with Crippen molar-refractivity contribution in [3.05, 3.63) is 71.2 Å². The van der Waals surface area contributed by atoms with E-state index >= 15 is 0 Å². The summed E-state index contributed by atoms with van der Waals surface area (Å²) in [6, 6.07) is 12.2. The van der Waals surface area contributed by atoms with Crippen molar-refractivity contribution in [1.82, 2.24) is 19.7 Å². The molecule has 140 valence electrons. The number of benzene rings is 1. The second kappa shape index (κ2) is 9.53. The van der Waals surface area contributed by atoms with Gasteiger partial charge >= 0.3 is 0 Å². The van der Waals surface area contributed by atoms with Crippen molar-refractivity contribution >= 4 is 29.0 Å². The molecule has 0 bridgehead atoms. The number of carbonyl (C=O) groups excluding carboxylic acids is 1. The van der Waals surface area contributed by atoms with Gasteiger partial charge in [0, 0.05) is 11.4 Å². The number of aromatic nitrogens is 3. The van der Waals surface area contributed by atoms with Gasteiger partial charge in [0.25, 0.3) is 0 Å². The van der Waals surface area contributed by atoms with Crippen LogP contribution >= 0.6 is 23.1 Å². The average Bonchev–Trinajstić information content (AvgIpc) is 3.37. The third-order valence-corrected chi connectivity index (χ3v) is 5.89. The summed E-state index contributed by atoms with van der Waals surface area (Å²) in [5.74, 6) is 0.373. The van der Waals surface area contributed by atoms with Gasteiger partial charge in [-0.1, -0.05) is 49.0 Å². The van der Waals surface area contributed by atoms with Gasteiger partial charge in [0.05, 0.1) is 18.0 Å². The first-order valence-electron chi connectivity index (χ1n) is 8.75. The minimum Gasteiger partial charge on any atom is -0.333 e. The molecule has 1 aromatic carbocycles. The molecule has 5 nitrogen and oxygen atoms in total. The van der Waals surface area contributed by atoms with Crippen LogP contribution in [0.25, 0.3) is 5.69 Å². The van der Waals surface area contributed by atoms with Crippen LogP contribution in [-0.2, 0) is 17.8 Å². The Bertz CT molecular complexity index is 889. The van der Waals surface area contributed by atoms with E-state index in [1.54, 1.807) is 23.7 Å². The number of carbonyl (C=O) groups is 1. The first-order chi connectivity index (χ1) is 13.2. The van der Waals surface area contributed by atoms with Gasteiger partial charge in [-0.25, -0.2) is 0 Å². The summed E-state index contributed by atoms with van der Waals surface area (Å²) in [5.41, 5.74) is 2.28. The van der Waals surface area contributed by atoms with E-state index < -0.39 is 0 Å². The van der Waals surface area contributed by atoms with Crippen molar-refractivity contribution in [3.63, 3.8) is 0 Å². The van der Waals surface area contributed by atoms with E-state index in [1.807, 2.05) is 39.1 Å². The first kappa shape index (κ1) is 19.4. The molecular formula is C20H22N4OS2. The molecule has 0 fully saturated rings. The van der Waals surface area contributed by atoms with Crippen molar-refractivity contribution in [2.75, 3.05) is 12.3 Å². The zero-order valence-electron chi connectivity index (χ0n) is 15.2. The van der Waals surface area contributed by atoms with Crippen molar-refractivity contribution in [3.8, 4) is 5.69 Å².